The summed E-state index contributed by atoms with van der Waals surface area (Å²) in [6.07, 6.45) is 3.67. The van der Waals surface area contributed by atoms with Gasteiger partial charge in [-0.15, -0.1) is 0 Å². The van der Waals surface area contributed by atoms with E-state index >= 15 is 0 Å². The highest BCUT2D eigenvalue weighted by Crippen LogP contribution is 2.25. The van der Waals surface area contributed by atoms with Crippen LogP contribution in [0.2, 0.25) is 5.02 Å². The zero-order chi connectivity index (χ0) is 18.5. The molecule has 0 aliphatic rings. The van der Waals surface area contributed by atoms with Crippen LogP contribution in [0.25, 0.3) is 5.69 Å². The summed E-state index contributed by atoms with van der Waals surface area (Å²) in [4.78, 5) is 13.9. The third-order valence-corrected chi connectivity index (χ3v) is 4.25. The van der Waals surface area contributed by atoms with Crippen molar-refractivity contribution in [3.8, 4) is 11.4 Å². The molecule has 0 saturated carbocycles. The zero-order valence-corrected chi connectivity index (χ0v) is 15.5. The fourth-order valence-electron chi connectivity index (χ4n) is 2.50. The van der Waals surface area contributed by atoms with Crippen LogP contribution in [0.15, 0.2) is 60.9 Å². The van der Waals surface area contributed by atoms with Gasteiger partial charge in [0.2, 0.25) is 0 Å². The standard InChI is InChI=1S/C20H20ClN3O2/c1-15-8-9-18(21)19(10-15)26-14-20(25)23(2)12-16-11-22-24(13-16)17-6-4-3-5-7-17/h3-11,13H,12,14H2,1-2H3. The van der Waals surface area contributed by atoms with Gasteiger partial charge in [0.15, 0.2) is 6.61 Å². The zero-order valence-electron chi connectivity index (χ0n) is 14.7. The number of aromatic nitrogens is 2. The van der Waals surface area contributed by atoms with Gasteiger partial charge in [-0.2, -0.15) is 5.10 Å². The number of amides is 1. The molecule has 0 aliphatic heterocycles. The summed E-state index contributed by atoms with van der Waals surface area (Å²) in [6, 6.07) is 15.3. The fourth-order valence-corrected chi connectivity index (χ4v) is 2.67. The van der Waals surface area contributed by atoms with E-state index in [2.05, 4.69) is 5.10 Å². The highest BCUT2D eigenvalue weighted by molar-refractivity contribution is 6.32. The van der Waals surface area contributed by atoms with Crippen LogP contribution in [-0.4, -0.2) is 34.2 Å². The number of likely N-dealkylation sites (N-methyl/N-ethyl adjacent to an activating group) is 1. The maximum atomic E-state index is 12.3. The van der Waals surface area contributed by atoms with Crippen molar-refractivity contribution in [3.63, 3.8) is 0 Å². The molecule has 0 N–H and O–H groups in total. The molecule has 0 radical (unpaired) electrons. The third-order valence-electron chi connectivity index (χ3n) is 3.94. The van der Waals surface area contributed by atoms with Crippen molar-refractivity contribution < 1.29 is 9.53 Å². The number of carbonyl (C=O) groups excluding carboxylic acids is 1. The molecule has 0 bridgehead atoms. The molecule has 0 saturated heterocycles. The second-order valence-electron chi connectivity index (χ2n) is 6.10. The van der Waals surface area contributed by atoms with E-state index in [-0.39, 0.29) is 12.5 Å². The summed E-state index contributed by atoms with van der Waals surface area (Å²) in [7, 11) is 1.74. The molecule has 1 amide bonds. The highest BCUT2D eigenvalue weighted by Gasteiger charge is 2.13. The molecular formula is C20H20ClN3O2. The van der Waals surface area contributed by atoms with Crippen molar-refractivity contribution in [3.05, 3.63) is 77.1 Å². The average molecular weight is 370 g/mol. The first kappa shape index (κ1) is 18.0. The molecule has 0 unspecified atom stereocenters. The quantitative estimate of drug-likeness (QED) is 0.662. The lowest BCUT2D eigenvalue weighted by Gasteiger charge is -2.17. The molecule has 0 spiro atoms. The normalized spacial score (nSPS) is 10.6. The van der Waals surface area contributed by atoms with Gasteiger partial charge in [-0.3, -0.25) is 4.79 Å². The third kappa shape index (κ3) is 4.43. The summed E-state index contributed by atoms with van der Waals surface area (Å²) in [5.41, 5.74) is 2.95. The van der Waals surface area contributed by atoms with E-state index in [0.717, 1.165) is 16.8 Å². The lowest BCUT2D eigenvalue weighted by Crippen LogP contribution is -2.30. The molecule has 0 aliphatic carbocycles. The maximum Gasteiger partial charge on any atom is 0.260 e. The van der Waals surface area contributed by atoms with Gasteiger partial charge >= 0.3 is 0 Å². The first-order valence-corrected chi connectivity index (χ1v) is 8.62. The van der Waals surface area contributed by atoms with Crippen LogP contribution in [0.1, 0.15) is 11.1 Å². The van der Waals surface area contributed by atoms with Crippen molar-refractivity contribution >= 4 is 17.5 Å². The monoisotopic (exact) mass is 369 g/mol. The number of aryl methyl sites for hydroxylation is 1. The number of carbonyl (C=O) groups is 1. The lowest BCUT2D eigenvalue weighted by molar-refractivity contribution is -0.132. The summed E-state index contributed by atoms with van der Waals surface area (Å²) >= 11 is 6.09. The second kappa shape index (κ2) is 8.06. The Bertz CT molecular complexity index is 893. The molecule has 5 nitrogen and oxygen atoms in total. The molecule has 3 rings (SSSR count). The SMILES string of the molecule is Cc1ccc(Cl)c(OCC(=O)N(C)Cc2cnn(-c3ccccc3)c2)c1. The molecule has 3 aromatic rings. The molecule has 0 fully saturated rings. The number of ether oxygens (including phenoxy) is 1. The molecular weight excluding hydrogens is 350 g/mol. The predicted molar refractivity (Wildman–Crippen MR) is 102 cm³/mol. The van der Waals surface area contributed by atoms with Crippen LogP contribution in [-0.2, 0) is 11.3 Å². The van der Waals surface area contributed by atoms with Crippen LogP contribution in [0.4, 0.5) is 0 Å². The van der Waals surface area contributed by atoms with Gasteiger partial charge in [-0.25, -0.2) is 4.68 Å². The van der Waals surface area contributed by atoms with Crippen molar-refractivity contribution in [1.29, 1.82) is 0 Å². The average Bonchev–Trinajstić information content (AvgIpc) is 3.11. The Hall–Kier alpha value is -2.79. The summed E-state index contributed by atoms with van der Waals surface area (Å²) in [5.74, 6) is 0.389. The van der Waals surface area contributed by atoms with E-state index in [1.54, 1.807) is 28.9 Å². The maximum absolute atomic E-state index is 12.3. The number of hydrogen-bond acceptors (Lipinski definition) is 3. The Morgan fingerprint density at radius 2 is 2.00 bits per heavy atom. The Morgan fingerprint density at radius 3 is 2.77 bits per heavy atom. The molecule has 1 heterocycles. The van der Waals surface area contributed by atoms with Crippen molar-refractivity contribution in [1.82, 2.24) is 14.7 Å². The highest BCUT2D eigenvalue weighted by atomic mass is 35.5. The first-order chi connectivity index (χ1) is 12.5. The van der Waals surface area contributed by atoms with Gasteiger partial charge in [0.25, 0.3) is 5.91 Å². The Balaban J connectivity index is 1.58. The van der Waals surface area contributed by atoms with Gasteiger partial charge < -0.3 is 9.64 Å². The van der Waals surface area contributed by atoms with E-state index in [1.165, 1.54) is 0 Å². The van der Waals surface area contributed by atoms with E-state index in [0.29, 0.717) is 17.3 Å². The van der Waals surface area contributed by atoms with Crippen molar-refractivity contribution in [2.45, 2.75) is 13.5 Å². The minimum Gasteiger partial charge on any atom is -0.482 e. The molecule has 1 aromatic heterocycles. The Kier molecular flexibility index (Phi) is 5.58. The number of rotatable bonds is 6. The fraction of sp³-hybridized carbons (Fsp3) is 0.200. The van der Waals surface area contributed by atoms with E-state index in [9.17, 15) is 4.79 Å². The van der Waals surface area contributed by atoms with Crippen LogP contribution >= 0.6 is 11.6 Å². The first-order valence-electron chi connectivity index (χ1n) is 8.25. The Morgan fingerprint density at radius 1 is 1.23 bits per heavy atom. The molecule has 134 valence electrons. The minimum absolute atomic E-state index is 0.0630. The number of hydrogen-bond donors (Lipinski definition) is 0. The number of nitrogens with zero attached hydrogens (tertiary/aromatic N) is 3. The van der Waals surface area contributed by atoms with Crippen LogP contribution < -0.4 is 4.74 Å². The molecule has 26 heavy (non-hydrogen) atoms. The Labute approximate surface area is 157 Å². The minimum atomic E-state index is -0.130. The van der Waals surface area contributed by atoms with Gasteiger partial charge in [-0.05, 0) is 36.8 Å². The van der Waals surface area contributed by atoms with Crippen LogP contribution in [0, 0.1) is 6.92 Å². The topological polar surface area (TPSA) is 47.4 Å². The van der Waals surface area contributed by atoms with E-state index in [4.69, 9.17) is 16.3 Å². The lowest BCUT2D eigenvalue weighted by atomic mass is 10.2. The van der Waals surface area contributed by atoms with Crippen LogP contribution in [0.3, 0.4) is 0 Å². The van der Waals surface area contributed by atoms with Crippen LogP contribution in [0.5, 0.6) is 5.75 Å². The van der Waals surface area contributed by atoms with Gasteiger partial charge in [-0.1, -0.05) is 35.9 Å². The van der Waals surface area contributed by atoms with Gasteiger partial charge in [0.05, 0.1) is 16.9 Å². The molecule has 2 aromatic carbocycles. The number of halogens is 1. The molecule has 6 heteroatoms. The number of para-hydroxylation sites is 1. The largest absolute Gasteiger partial charge is 0.482 e. The van der Waals surface area contributed by atoms with Crippen molar-refractivity contribution in [2.75, 3.05) is 13.7 Å². The second-order valence-corrected chi connectivity index (χ2v) is 6.51. The van der Waals surface area contributed by atoms with Crippen molar-refractivity contribution in [2.24, 2.45) is 0 Å². The summed E-state index contributed by atoms with van der Waals surface area (Å²) in [5, 5.41) is 4.84. The summed E-state index contributed by atoms with van der Waals surface area (Å²) < 4.78 is 7.36. The van der Waals surface area contributed by atoms with Gasteiger partial charge in [0, 0.05) is 25.4 Å². The molecule has 0 atom stereocenters. The summed E-state index contributed by atoms with van der Waals surface area (Å²) in [6.45, 7) is 2.34. The number of benzene rings is 2. The predicted octanol–water partition coefficient (Wildman–Crippen LogP) is 3.87. The van der Waals surface area contributed by atoms with Gasteiger partial charge in [0.1, 0.15) is 5.75 Å². The smallest absolute Gasteiger partial charge is 0.260 e. The van der Waals surface area contributed by atoms with E-state index < -0.39 is 0 Å². The van der Waals surface area contributed by atoms with E-state index in [1.807, 2.05) is 55.6 Å².